The molecule has 44 heavy (non-hydrogen) atoms. The van der Waals surface area contributed by atoms with Crippen molar-refractivity contribution in [2.45, 2.75) is 84.1 Å². The van der Waals surface area contributed by atoms with Crippen LogP contribution in [-0.4, -0.2) is 95.4 Å². The maximum atomic E-state index is 13.4. The summed E-state index contributed by atoms with van der Waals surface area (Å²) in [4.78, 5) is 41.1. The standard InChI is InChI=1S/C32H45N7O4Si/c1-32(2,3)43-31(41)38-11-7-8-24(38)19-28(40)37-14-12-36(13-15-37)26-9-10-34-30-29(26)25-18-23(20-33)35-21-27(25)39(30)22-42-16-17-44(4,5)6/h9-10,18,21,24H,7-8,11-17,19,22H2,1-6H3/t24-/m0/s1. The molecule has 1 atom stereocenters. The van der Waals surface area contributed by atoms with Crippen LogP contribution in [0.25, 0.3) is 21.9 Å². The summed E-state index contributed by atoms with van der Waals surface area (Å²) in [6.45, 7) is 16.8. The van der Waals surface area contributed by atoms with Crippen molar-refractivity contribution in [1.29, 1.82) is 5.26 Å². The zero-order valence-corrected chi connectivity index (χ0v) is 27.9. The van der Waals surface area contributed by atoms with Gasteiger partial charge in [0.25, 0.3) is 0 Å². The average molecular weight is 620 g/mol. The molecule has 11 nitrogen and oxygen atoms in total. The molecule has 0 bridgehead atoms. The largest absolute Gasteiger partial charge is 0.444 e. The van der Waals surface area contributed by atoms with Crippen LogP contribution in [0.5, 0.6) is 0 Å². The lowest BCUT2D eigenvalue weighted by molar-refractivity contribution is -0.132. The van der Waals surface area contributed by atoms with Crippen LogP contribution in [0, 0.1) is 11.3 Å². The Labute approximate surface area is 260 Å². The molecular weight excluding hydrogens is 574 g/mol. The van der Waals surface area contributed by atoms with E-state index in [0.29, 0.717) is 58.2 Å². The third-order valence-electron chi connectivity index (χ3n) is 8.33. The number of ether oxygens (including phenoxy) is 2. The van der Waals surface area contributed by atoms with Crippen LogP contribution in [0.1, 0.15) is 45.7 Å². The summed E-state index contributed by atoms with van der Waals surface area (Å²) in [7, 11) is -1.23. The van der Waals surface area contributed by atoms with Crippen molar-refractivity contribution in [3.8, 4) is 6.07 Å². The lowest BCUT2D eigenvalue weighted by Gasteiger charge is -2.37. The average Bonchev–Trinajstić information content (AvgIpc) is 3.56. The van der Waals surface area contributed by atoms with Gasteiger partial charge in [-0.25, -0.2) is 14.8 Å². The molecule has 5 heterocycles. The van der Waals surface area contributed by atoms with E-state index in [-0.39, 0.29) is 18.0 Å². The van der Waals surface area contributed by atoms with Crippen molar-refractivity contribution in [2.75, 3.05) is 44.2 Å². The molecule has 2 saturated heterocycles. The van der Waals surface area contributed by atoms with Gasteiger partial charge in [-0.05, 0) is 51.8 Å². The number of hydrogen-bond donors (Lipinski definition) is 0. The Bertz CT molecular complexity index is 1560. The first-order valence-corrected chi connectivity index (χ1v) is 19.3. The number of carbonyl (C=O) groups is 2. The van der Waals surface area contributed by atoms with E-state index in [1.165, 1.54) is 0 Å². The number of amides is 2. The quantitative estimate of drug-likeness (QED) is 0.249. The molecule has 0 saturated carbocycles. The van der Waals surface area contributed by atoms with Crippen molar-refractivity contribution in [3.05, 3.63) is 30.2 Å². The van der Waals surface area contributed by atoms with Crippen LogP contribution in [0.2, 0.25) is 25.7 Å². The molecular formula is C32H45N7O4Si. The first kappa shape index (κ1) is 31.7. The predicted octanol–water partition coefficient (Wildman–Crippen LogP) is 5.21. The van der Waals surface area contributed by atoms with Crippen molar-refractivity contribution >= 4 is 47.7 Å². The lowest BCUT2D eigenvalue weighted by atomic mass is 10.1. The Morgan fingerprint density at radius 1 is 1.11 bits per heavy atom. The second-order valence-corrected chi connectivity index (χ2v) is 19.7. The highest BCUT2D eigenvalue weighted by Gasteiger charge is 2.35. The molecule has 12 heteroatoms. The number of pyridine rings is 2. The SMILES string of the molecule is CC(C)(C)OC(=O)N1CCC[C@H]1CC(=O)N1CCN(c2ccnc3c2c2cc(C#N)ncc2n3COCC[Si](C)(C)C)CC1. The molecule has 2 fully saturated rings. The topological polar surface area (TPSA) is 117 Å². The van der Waals surface area contributed by atoms with Gasteiger partial charge in [0, 0.05) is 71.5 Å². The number of fused-ring (bicyclic) bond motifs is 3. The summed E-state index contributed by atoms with van der Waals surface area (Å²) in [5, 5.41) is 11.5. The van der Waals surface area contributed by atoms with Crippen LogP contribution in [0.3, 0.4) is 0 Å². The molecule has 0 aromatic carbocycles. The molecule has 3 aromatic rings. The predicted molar refractivity (Wildman–Crippen MR) is 173 cm³/mol. The molecule has 2 aliphatic rings. The molecule has 2 amide bonds. The summed E-state index contributed by atoms with van der Waals surface area (Å²) in [6, 6.07) is 6.96. The number of likely N-dealkylation sites (tertiary alicyclic amines) is 1. The van der Waals surface area contributed by atoms with Gasteiger partial charge in [0.2, 0.25) is 5.91 Å². The highest BCUT2D eigenvalue weighted by molar-refractivity contribution is 6.76. The minimum atomic E-state index is -1.23. The Morgan fingerprint density at radius 2 is 1.86 bits per heavy atom. The first-order valence-electron chi connectivity index (χ1n) is 15.6. The summed E-state index contributed by atoms with van der Waals surface area (Å²) < 4.78 is 13.8. The minimum Gasteiger partial charge on any atom is -0.444 e. The Balaban J connectivity index is 1.31. The van der Waals surface area contributed by atoms with Crippen molar-refractivity contribution in [3.63, 3.8) is 0 Å². The van der Waals surface area contributed by atoms with E-state index in [2.05, 4.69) is 35.6 Å². The van der Waals surface area contributed by atoms with E-state index in [1.807, 2.05) is 48.6 Å². The van der Waals surface area contributed by atoms with Gasteiger partial charge in [-0.2, -0.15) is 5.26 Å². The first-order chi connectivity index (χ1) is 20.8. The number of aromatic nitrogens is 3. The summed E-state index contributed by atoms with van der Waals surface area (Å²) in [5.41, 5.74) is 2.49. The van der Waals surface area contributed by atoms with Crippen molar-refractivity contribution in [1.82, 2.24) is 24.3 Å². The van der Waals surface area contributed by atoms with Gasteiger partial charge < -0.3 is 24.2 Å². The number of anilines is 1. The fourth-order valence-electron chi connectivity index (χ4n) is 6.01. The third kappa shape index (κ3) is 7.16. The van der Waals surface area contributed by atoms with Gasteiger partial charge in [-0.3, -0.25) is 9.36 Å². The van der Waals surface area contributed by atoms with E-state index in [4.69, 9.17) is 14.5 Å². The molecule has 0 unspecified atom stereocenters. The lowest BCUT2D eigenvalue weighted by Crippen LogP contribution is -2.50. The summed E-state index contributed by atoms with van der Waals surface area (Å²) in [6.07, 6.45) is 5.22. The van der Waals surface area contributed by atoms with E-state index >= 15 is 0 Å². The monoisotopic (exact) mass is 619 g/mol. The van der Waals surface area contributed by atoms with E-state index < -0.39 is 13.7 Å². The van der Waals surface area contributed by atoms with Gasteiger partial charge in [-0.1, -0.05) is 19.6 Å². The van der Waals surface area contributed by atoms with Crippen LogP contribution >= 0.6 is 0 Å². The maximum absolute atomic E-state index is 13.4. The van der Waals surface area contributed by atoms with E-state index in [0.717, 1.165) is 46.5 Å². The Kier molecular flexibility index (Phi) is 9.18. The molecule has 0 radical (unpaired) electrons. The second-order valence-electron chi connectivity index (χ2n) is 14.0. The van der Waals surface area contributed by atoms with Crippen LogP contribution in [0.4, 0.5) is 10.5 Å². The van der Waals surface area contributed by atoms with Gasteiger partial charge in [0.05, 0.1) is 22.8 Å². The highest BCUT2D eigenvalue weighted by atomic mass is 28.3. The second kappa shape index (κ2) is 12.7. The number of nitriles is 1. The normalized spacial score (nSPS) is 17.8. The fraction of sp³-hybridized carbons (Fsp3) is 0.594. The molecule has 0 aliphatic carbocycles. The number of nitrogens with zero attached hydrogens (tertiary/aromatic N) is 7. The number of carbonyl (C=O) groups excluding carboxylic acids is 2. The Hall–Kier alpha value is -3.69. The van der Waals surface area contributed by atoms with Gasteiger partial charge in [0.15, 0.2) is 0 Å². The van der Waals surface area contributed by atoms with Gasteiger partial charge >= 0.3 is 6.09 Å². The number of piperazine rings is 1. The van der Waals surface area contributed by atoms with Crippen LogP contribution in [0.15, 0.2) is 24.5 Å². The van der Waals surface area contributed by atoms with Crippen LogP contribution in [-0.2, 0) is 21.0 Å². The molecule has 2 aliphatic heterocycles. The smallest absolute Gasteiger partial charge is 0.410 e. The molecule has 0 N–H and O–H groups in total. The highest BCUT2D eigenvalue weighted by Crippen LogP contribution is 2.36. The van der Waals surface area contributed by atoms with E-state index in [9.17, 15) is 14.9 Å². The summed E-state index contributed by atoms with van der Waals surface area (Å²) >= 11 is 0. The van der Waals surface area contributed by atoms with Gasteiger partial charge in [0.1, 0.15) is 29.7 Å². The molecule has 3 aromatic heterocycles. The Morgan fingerprint density at radius 3 is 2.55 bits per heavy atom. The fourth-order valence-corrected chi connectivity index (χ4v) is 6.76. The zero-order valence-electron chi connectivity index (χ0n) is 26.9. The minimum absolute atomic E-state index is 0.0711. The molecule has 0 spiro atoms. The van der Waals surface area contributed by atoms with Crippen molar-refractivity contribution < 1.29 is 19.1 Å². The molecule has 5 rings (SSSR count). The third-order valence-corrected chi connectivity index (χ3v) is 10.0. The van der Waals surface area contributed by atoms with Gasteiger partial charge in [-0.15, -0.1) is 0 Å². The zero-order chi connectivity index (χ0) is 31.6. The van der Waals surface area contributed by atoms with Crippen LogP contribution < -0.4 is 4.90 Å². The number of hydrogen-bond acceptors (Lipinski definition) is 8. The molecule has 236 valence electrons. The number of rotatable bonds is 8. The summed E-state index contributed by atoms with van der Waals surface area (Å²) in [5.74, 6) is 0.0711. The maximum Gasteiger partial charge on any atom is 0.410 e. The van der Waals surface area contributed by atoms with E-state index in [1.54, 1.807) is 11.1 Å². The van der Waals surface area contributed by atoms with Crippen molar-refractivity contribution in [2.24, 2.45) is 0 Å².